The van der Waals surface area contributed by atoms with Gasteiger partial charge in [-0.15, -0.1) is 0 Å². The van der Waals surface area contributed by atoms with Crippen molar-refractivity contribution in [3.05, 3.63) is 57.4 Å². The number of non-ortho nitro benzene ring substituents is 1. The highest BCUT2D eigenvalue weighted by Gasteiger charge is 2.12. The summed E-state index contributed by atoms with van der Waals surface area (Å²) in [5, 5.41) is 20.3. The third-order valence-corrected chi connectivity index (χ3v) is 2.85. The number of nitro groups is 1. The Bertz CT molecular complexity index is 629. The van der Waals surface area contributed by atoms with E-state index in [9.17, 15) is 15.2 Å². The fourth-order valence-corrected chi connectivity index (χ4v) is 1.67. The summed E-state index contributed by atoms with van der Waals surface area (Å²) in [6.45, 7) is 1.60. The summed E-state index contributed by atoms with van der Waals surface area (Å²) in [6, 6.07) is 7.14. The van der Waals surface area contributed by atoms with E-state index >= 15 is 0 Å². The van der Waals surface area contributed by atoms with Crippen LogP contribution in [-0.2, 0) is 0 Å². The SMILES string of the molecule is C[C@H](O)c1ccc(Oc2cc([N+](=O)[O-])ccc2Cl)cn1. The number of aromatic nitrogens is 1. The minimum absolute atomic E-state index is 0.113. The third-order valence-electron chi connectivity index (χ3n) is 2.54. The molecule has 1 aromatic heterocycles. The molecule has 0 fully saturated rings. The van der Waals surface area contributed by atoms with Crippen LogP contribution in [0.3, 0.4) is 0 Å². The minimum atomic E-state index is -0.676. The Morgan fingerprint density at radius 3 is 2.70 bits per heavy atom. The van der Waals surface area contributed by atoms with Crippen LogP contribution < -0.4 is 4.74 Å². The van der Waals surface area contributed by atoms with E-state index in [1.807, 2.05) is 0 Å². The number of nitro benzene ring substituents is 1. The monoisotopic (exact) mass is 294 g/mol. The number of ether oxygens (including phenoxy) is 1. The Labute approximate surface area is 119 Å². The predicted octanol–water partition coefficient (Wildman–Crippen LogP) is 3.49. The zero-order valence-corrected chi connectivity index (χ0v) is 11.2. The van der Waals surface area contributed by atoms with E-state index in [-0.39, 0.29) is 16.5 Å². The molecule has 0 amide bonds. The molecule has 0 saturated heterocycles. The lowest BCUT2D eigenvalue weighted by Gasteiger charge is -2.08. The first-order chi connectivity index (χ1) is 9.47. The van der Waals surface area contributed by atoms with E-state index in [4.69, 9.17) is 16.3 Å². The first-order valence-electron chi connectivity index (χ1n) is 5.73. The second kappa shape index (κ2) is 5.85. The molecule has 1 atom stereocenters. The largest absolute Gasteiger partial charge is 0.454 e. The summed E-state index contributed by atoms with van der Waals surface area (Å²) in [6.07, 6.45) is 0.738. The molecule has 0 saturated carbocycles. The molecule has 6 nitrogen and oxygen atoms in total. The molecule has 0 radical (unpaired) electrons. The summed E-state index contributed by atoms with van der Waals surface area (Å²) < 4.78 is 5.45. The fraction of sp³-hybridized carbons (Fsp3) is 0.154. The summed E-state index contributed by atoms with van der Waals surface area (Å²) in [5.41, 5.74) is 0.389. The zero-order valence-electron chi connectivity index (χ0n) is 10.5. The van der Waals surface area contributed by atoms with E-state index in [1.54, 1.807) is 19.1 Å². The maximum absolute atomic E-state index is 10.7. The Morgan fingerprint density at radius 1 is 1.40 bits per heavy atom. The van der Waals surface area contributed by atoms with Crippen LogP contribution in [0.25, 0.3) is 0 Å². The van der Waals surface area contributed by atoms with Crippen LogP contribution in [0.4, 0.5) is 5.69 Å². The van der Waals surface area contributed by atoms with Gasteiger partial charge in [-0.3, -0.25) is 15.1 Å². The Balaban J connectivity index is 2.25. The van der Waals surface area contributed by atoms with Crippen molar-refractivity contribution < 1.29 is 14.8 Å². The normalized spacial score (nSPS) is 11.9. The zero-order chi connectivity index (χ0) is 14.7. The van der Waals surface area contributed by atoms with Crippen molar-refractivity contribution in [1.29, 1.82) is 0 Å². The first kappa shape index (κ1) is 14.2. The quantitative estimate of drug-likeness (QED) is 0.689. The lowest BCUT2D eigenvalue weighted by atomic mass is 10.2. The molecule has 0 aliphatic carbocycles. The molecule has 20 heavy (non-hydrogen) atoms. The predicted molar refractivity (Wildman–Crippen MR) is 73.1 cm³/mol. The Morgan fingerprint density at radius 2 is 2.15 bits per heavy atom. The fourth-order valence-electron chi connectivity index (χ4n) is 1.51. The molecule has 0 bridgehead atoms. The van der Waals surface area contributed by atoms with Gasteiger partial charge in [0.05, 0.1) is 34.0 Å². The van der Waals surface area contributed by atoms with Crippen molar-refractivity contribution >= 4 is 17.3 Å². The molecule has 2 rings (SSSR count). The smallest absolute Gasteiger partial charge is 0.273 e. The van der Waals surface area contributed by atoms with Crippen molar-refractivity contribution in [1.82, 2.24) is 4.98 Å². The van der Waals surface area contributed by atoms with Crippen molar-refractivity contribution in [3.63, 3.8) is 0 Å². The summed E-state index contributed by atoms with van der Waals surface area (Å²) >= 11 is 5.92. The number of nitrogens with zero attached hydrogens (tertiary/aromatic N) is 2. The van der Waals surface area contributed by atoms with Gasteiger partial charge in [-0.25, -0.2) is 0 Å². The number of aliphatic hydroxyl groups is 1. The number of hydrogen-bond acceptors (Lipinski definition) is 5. The standard InChI is InChI=1S/C13H11ClN2O4/c1-8(17)12-5-3-10(7-15-12)20-13-6-9(16(18)19)2-4-11(13)14/h2-8,17H,1H3/t8-/m0/s1. The minimum Gasteiger partial charge on any atom is -0.454 e. The summed E-state index contributed by atoms with van der Waals surface area (Å²) in [5.74, 6) is 0.546. The number of pyridine rings is 1. The second-order valence-corrected chi connectivity index (χ2v) is 4.48. The van der Waals surface area contributed by atoms with E-state index in [2.05, 4.69) is 4.98 Å². The number of halogens is 1. The molecule has 7 heteroatoms. The molecule has 0 aliphatic heterocycles. The van der Waals surface area contributed by atoms with Crippen molar-refractivity contribution in [2.75, 3.05) is 0 Å². The van der Waals surface area contributed by atoms with Crippen LogP contribution >= 0.6 is 11.6 Å². The molecule has 1 heterocycles. The van der Waals surface area contributed by atoms with Gasteiger partial charge in [-0.05, 0) is 25.1 Å². The van der Waals surface area contributed by atoms with Crippen LogP contribution in [0.2, 0.25) is 5.02 Å². The van der Waals surface area contributed by atoms with Gasteiger partial charge < -0.3 is 9.84 Å². The maximum atomic E-state index is 10.7. The number of benzene rings is 1. The van der Waals surface area contributed by atoms with Crippen LogP contribution in [0.1, 0.15) is 18.7 Å². The topological polar surface area (TPSA) is 85.5 Å². The number of rotatable bonds is 4. The van der Waals surface area contributed by atoms with Crippen molar-refractivity contribution in [3.8, 4) is 11.5 Å². The molecule has 0 spiro atoms. The third kappa shape index (κ3) is 3.23. The maximum Gasteiger partial charge on any atom is 0.273 e. The highest BCUT2D eigenvalue weighted by molar-refractivity contribution is 6.32. The van der Waals surface area contributed by atoms with E-state index < -0.39 is 11.0 Å². The van der Waals surface area contributed by atoms with Gasteiger partial charge in [0, 0.05) is 6.07 Å². The summed E-state index contributed by atoms with van der Waals surface area (Å²) in [4.78, 5) is 14.2. The van der Waals surface area contributed by atoms with E-state index in [1.165, 1.54) is 24.4 Å². The van der Waals surface area contributed by atoms with E-state index in [0.29, 0.717) is 11.4 Å². The Hall–Kier alpha value is -2.18. The molecule has 0 unspecified atom stereocenters. The number of aliphatic hydroxyl groups excluding tert-OH is 1. The lowest BCUT2D eigenvalue weighted by Crippen LogP contribution is -1.95. The van der Waals surface area contributed by atoms with Crippen molar-refractivity contribution in [2.45, 2.75) is 13.0 Å². The Kier molecular flexibility index (Phi) is 4.16. The van der Waals surface area contributed by atoms with Gasteiger partial charge in [0.25, 0.3) is 5.69 Å². The molecule has 1 N–H and O–H groups in total. The molecule has 1 aromatic carbocycles. The van der Waals surface area contributed by atoms with Crippen LogP contribution in [-0.4, -0.2) is 15.0 Å². The number of hydrogen-bond donors (Lipinski definition) is 1. The van der Waals surface area contributed by atoms with Gasteiger partial charge in [0.15, 0.2) is 5.75 Å². The van der Waals surface area contributed by atoms with Gasteiger partial charge in [-0.1, -0.05) is 11.6 Å². The van der Waals surface area contributed by atoms with Crippen LogP contribution in [0, 0.1) is 10.1 Å². The molecule has 104 valence electrons. The first-order valence-corrected chi connectivity index (χ1v) is 6.11. The summed E-state index contributed by atoms with van der Waals surface area (Å²) in [7, 11) is 0. The lowest BCUT2D eigenvalue weighted by molar-refractivity contribution is -0.384. The van der Waals surface area contributed by atoms with E-state index in [0.717, 1.165) is 0 Å². The van der Waals surface area contributed by atoms with Gasteiger partial charge in [0.2, 0.25) is 0 Å². The van der Waals surface area contributed by atoms with Crippen molar-refractivity contribution in [2.24, 2.45) is 0 Å². The van der Waals surface area contributed by atoms with Crippen LogP contribution in [0.15, 0.2) is 36.5 Å². The average Bonchev–Trinajstić information content (AvgIpc) is 2.41. The van der Waals surface area contributed by atoms with Crippen LogP contribution in [0.5, 0.6) is 11.5 Å². The molecule has 2 aromatic rings. The van der Waals surface area contributed by atoms with Gasteiger partial charge in [-0.2, -0.15) is 0 Å². The highest BCUT2D eigenvalue weighted by atomic mass is 35.5. The molecular formula is C13H11ClN2O4. The molecule has 0 aliphatic rings. The van der Waals surface area contributed by atoms with Gasteiger partial charge >= 0.3 is 0 Å². The average molecular weight is 295 g/mol. The van der Waals surface area contributed by atoms with Gasteiger partial charge in [0.1, 0.15) is 5.75 Å². The second-order valence-electron chi connectivity index (χ2n) is 4.07. The molecular weight excluding hydrogens is 284 g/mol. The highest BCUT2D eigenvalue weighted by Crippen LogP contribution is 2.32.